The van der Waals surface area contributed by atoms with E-state index in [-0.39, 0.29) is 0 Å². The minimum atomic E-state index is 0.574. The van der Waals surface area contributed by atoms with Crippen LogP contribution in [-0.4, -0.2) is 35.2 Å². The molecule has 23 heavy (non-hydrogen) atoms. The van der Waals surface area contributed by atoms with E-state index in [0.29, 0.717) is 5.95 Å². The molecule has 122 valence electrons. The van der Waals surface area contributed by atoms with E-state index in [1.165, 1.54) is 19.3 Å². The van der Waals surface area contributed by atoms with Crippen molar-refractivity contribution in [3.63, 3.8) is 0 Å². The maximum Gasteiger partial charge on any atom is 0.231 e. The number of nitrogens with one attached hydrogen (secondary N) is 1. The number of aromatic nitrogens is 3. The van der Waals surface area contributed by atoms with E-state index in [9.17, 15) is 0 Å². The van der Waals surface area contributed by atoms with E-state index in [1.54, 1.807) is 13.4 Å². The monoisotopic (exact) mass is 313 g/mol. The SMILES string of the molecule is COc1c(C)cc(Nc2ncnc(N3CCCCC3)n2)cc1C. The van der Waals surface area contributed by atoms with E-state index in [4.69, 9.17) is 4.74 Å². The Bertz CT molecular complexity index is 659. The first-order valence-corrected chi connectivity index (χ1v) is 8.03. The van der Waals surface area contributed by atoms with Crippen LogP contribution in [0.2, 0.25) is 0 Å². The molecule has 1 aromatic carbocycles. The Hall–Kier alpha value is -2.37. The molecular formula is C17H23N5O. The van der Waals surface area contributed by atoms with Crippen LogP contribution in [-0.2, 0) is 0 Å². The van der Waals surface area contributed by atoms with Gasteiger partial charge in [-0.05, 0) is 56.4 Å². The first-order chi connectivity index (χ1) is 11.2. The van der Waals surface area contributed by atoms with Crippen LogP contribution in [0.5, 0.6) is 5.75 Å². The van der Waals surface area contributed by atoms with E-state index in [0.717, 1.165) is 41.6 Å². The smallest absolute Gasteiger partial charge is 0.231 e. The summed E-state index contributed by atoms with van der Waals surface area (Å²) in [7, 11) is 1.69. The lowest BCUT2D eigenvalue weighted by Gasteiger charge is -2.26. The molecule has 6 heteroatoms. The number of ether oxygens (including phenoxy) is 1. The van der Waals surface area contributed by atoms with Gasteiger partial charge in [-0.2, -0.15) is 4.98 Å². The van der Waals surface area contributed by atoms with Gasteiger partial charge >= 0.3 is 0 Å². The summed E-state index contributed by atoms with van der Waals surface area (Å²) in [5.74, 6) is 2.24. The maximum atomic E-state index is 5.40. The Balaban J connectivity index is 1.80. The van der Waals surface area contributed by atoms with Gasteiger partial charge in [0.15, 0.2) is 0 Å². The normalized spacial score (nSPS) is 14.7. The summed E-state index contributed by atoms with van der Waals surface area (Å²) in [6.45, 7) is 6.10. The molecule has 0 bridgehead atoms. The molecule has 1 aromatic heterocycles. The number of anilines is 3. The summed E-state index contributed by atoms with van der Waals surface area (Å²) in [5.41, 5.74) is 3.12. The fourth-order valence-electron chi connectivity index (χ4n) is 3.07. The van der Waals surface area contributed by atoms with Crippen LogP contribution in [0.15, 0.2) is 18.5 Å². The molecule has 6 nitrogen and oxygen atoms in total. The molecule has 1 N–H and O–H groups in total. The summed E-state index contributed by atoms with van der Waals surface area (Å²) in [5, 5.41) is 3.27. The fourth-order valence-corrected chi connectivity index (χ4v) is 3.07. The maximum absolute atomic E-state index is 5.40. The first-order valence-electron chi connectivity index (χ1n) is 8.03. The van der Waals surface area contributed by atoms with Gasteiger partial charge in [0.05, 0.1) is 7.11 Å². The van der Waals surface area contributed by atoms with Crippen LogP contribution < -0.4 is 15.0 Å². The second kappa shape index (κ2) is 6.81. The zero-order valence-corrected chi connectivity index (χ0v) is 14.0. The minimum Gasteiger partial charge on any atom is -0.496 e. The molecule has 1 aliphatic rings. The predicted molar refractivity (Wildman–Crippen MR) is 91.6 cm³/mol. The van der Waals surface area contributed by atoms with Crippen LogP contribution in [0.4, 0.5) is 17.6 Å². The standard InChI is InChI=1S/C17H23N5O/c1-12-9-14(10-13(2)15(12)23-3)20-16-18-11-19-17(21-16)22-7-5-4-6-8-22/h9-11H,4-8H2,1-3H3,(H,18,19,20,21). The molecule has 0 spiro atoms. The second-order valence-electron chi connectivity index (χ2n) is 5.93. The molecule has 0 unspecified atom stereocenters. The molecule has 1 fully saturated rings. The summed E-state index contributed by atoms with van der Waals surface area (Å²) < 4.78 is 5.40. The Labute approximate surface area is 136 Å². The van der Waals surface area contributed by atoms with Crippen molar-refractivity contribution < 1.29 is 4.74 Å². The largest absolute Gasteiger partial charge is 0.496 e. The highest BCUT2D eigenvalue weighted by Gasteiger charge is 2.14. The summed E-state index contributed by atoms with van der Waals surface area (Å²) in [6, 6.07) is 4.08. The minimum absolute atomic E-state index is 0.574. The van der Waals surface area contributed by atoms with Crippen molar-refractivity contribution in [1.29, 1.82) is 0 Å². The van der Waals surface area contributed by atoms with Crippen molar-refractivity contribution in [2.45, 2.75) is 33.1 Å². The number of methoxy groups -OCH3 is 1. The second-order valence-corrected chi connectivity index (χ2v) is 5.93. The van der Waals surface area contributed by atoms with Gasteiger partial charge in [0, 0.05) is 18.8 Å². The number of benzene rings is 1. The van der Waals surface area contributed by atoms with E-state index < -0.39 is 0 Å². The van der Waals surface area contributed by atoms with Gasteiger partial charge in [0.2, 0.25) is 11.9 Å². The molecule has 2 aromatic rings. The third kappa shape index (κ3) is 3.52. The van der Waals surface area contributed by atoms with Gasteiger partial charge in [0.1, 0.15) is 12.1 Å². The lowest BCUT2D eigenvalue weighted by Crippen LogP contribution is -2.31. The molecular weight excluding hydrogens is 290 g/mol. The van der Waals surface area contributed by atoms with E-state index >= 15 is 0 Å². The number of hydrogen-bond acceptors (Lipinski definition) is 6. The Morgan fingerprint density at radius 1 is 1.04 bits per heavy atom. The van der Waals surface area contributed by atoms with Gasteiger partial charge in [-0.1, -0.05) is 0 Å². The van der Waals surface area contributed by atoms with Crippen molar-refractivity contribution >= 4 is 17.6 Å². The summed E-state index contributed by atoms with van der Waals surface area (Å²) >= 11 is 0. The first kappa shape index (κ1) is 15.5. The number of piperidine rings is 1. The molecule has 3 rings (SSSR count). The number of aryl methyl sites for hydroxylation is 2. The van der Waals surface area contributed by atoms with Gasteiger partial charge in [-0.3, -0.25) is 0 Å². The number of rotatable bonds is 4. The third-order valence-electron chi connectivity index (χ3n) is 4.12. The Kier molecular flexibility index (Phi) is 4.60. The van der Waals surface area contributed by atoms with Crippen molar-refractivity contribution in [1.82, 2.24) is 15.0 Å². The van der Waals surface area contributed by atoms with E-state index in [2.05, 4.69) is 25.2 Å². The van der Waals surface area contributed by atoms with Crippen molar-refractivity contribution in [2.75, 3.05) is 30.4 Å². The van der Waals surface area contributed by atoms with Crippen molar-refractivity contribution in [3.8, 4) is 5.75 Å². The van der Waals surface area contributed by atoms with Crippen LogP contribution >= 0.6 is 0 Å². The van der Waals surface area contributed by atoms with Crippen LogP contribution in [0.3, 0.4) is 0 Å². The summed E-state index contributed by atoms with van der Waals surface area (Å²) in [6.07, 6.45) is 5.26. The highest BCUT2D eigenvalue weighted by molar-refractivity contribution is 5.60. The number of hydrogen-bond donors (Lipinski definition) is 1. The predicted octanol–water partition coefficient (Wildman–Crippen LogP) is 3.23. The molecule has 1 saturated heterocycles. The topological polar surface area (TPSA) is 63.2 Å². The average Bonchev–Trinajstić information content (AvgIpc) is 2.56. The highest BCUT2D eigenvalue weighted by atomic mass is 16.5. The van der Waals surface area contributed by atoms with E-state index in [1.807, 2.05) is 26.0 Å². The molecule has 0 radical (unpaired) electrons. The molecule has 0 amide bonds. The average molecular weight is 313 g/mol. The Morgan fingerprint density at radius 2 is 1.74 bits per heavy atom. The molecule has 1 aliphatic heterocycles. The van der Waals surface area contributed by atoms with Crippen molar-refractivity contribution in [2.24, 2.45) is 0 Å². The highest BCUT2D eigenvalue weighted by Crippen LogP contribution is 2.28. The van der Waals surface area contributed by atoms with Gasteiger partial charge in [-0.15, -0.1) is 0 Å². The molecule has 0 saturated carbocycles. The van der Waals surface area contributed by atoms with Gasteiger partial charge in [0.25, 0.3) is 0 Å². The van der Waals surface area contributed by atoms with Crippen LogP contribution in [0.1, 0.15) is 30.4 Å². The molecule has 0 atom stereocenters. The lowest BCUT2D eigenvalue weighted by molar-refractivity contribution is 0.408. The van der Waals surface area contributed by atoms with Crippen LogP contribution in [0.25, 0.3) is 0 Å². The Morgan fingerprint density at radius 3 is 2.39 bits per heavy atom. The number of nitrogens with zero attached hydrogens (tertiary/aromatic N) is 4. The van der Waals surface area contributed by atoms with Gasteiger partial charge in [-0.25, -0.2) is 9.97 Å². The van der Waals surface area contributed by atoms with Gasteiger partial charge < -0.3 is 15.0 Å². The quantitative estimate of drug-likeness (QED) is 0.935. The fraction of sp³-hybridized carbons (Fsp3) is 0.471. The molecule has 2 heterocycles. The van der Waals surface area contributed by atoms with Crippen LogP contribution in [0, 0.1) is 13.8 Å². The molecule has 0 aliphatic carbocycles. The zero-order chi connectivity index (χ0) is 16.2. The summed E-state index contributed by atoms with van der Waals surface area (Å²) in [4.78, 5) is 15.3. The lowest BCUT2D eigenvalue weighted by atomic mass is 10.1. The zero-order valence-electron chi connectivity index (χ0n) is 14.0. The van der Waals surface area contributed by atoms with Crippen molar-refractivity contribution in [3.05, 3.63) is 29.6 Å². The third-order valence-corrected chi connectivity index (χ3v) is 4.12.